The van der Waals surface area contributed by atoms with Crippen molar-refractivity contribution in [2.75, 3.05) is 5.75 Å². The Balaban J connectivity index is 1.56. The van der Waals surface area contributed by atoms with Crippen molar-refractivity contribution in [1.29, 1.82) is 0 Å². The van der Waals surface area contributed by atoms with Crippen LogP contribution in [0.3, 0.4) is 0 Å². The van der Waals surface area contributed by atoms with Crippen LogP contribution in [-0.4, -0.2) is 30.9 Å². The SMILES string of the molecule is CCn1c(SCC(=O)c2cc(C)n(-c3ccc(Cl)c(Cl)c3)c2C)nnc1-c1cccs1. The van der Waals surface area contributed by atoms with E-state index < -0.39 is 0 Å². The van der Waals surface area contributed by atoms with Crippen molar-refractivity contribution < 1.29 is 4.79 Å². The minimum Gasteiger partial charge on any atom is -0.318 e. The zero-order chi connectivity index (χ0) is 22.1. The number of rotatable bonds is 7. The molecule has 0 atom stereocenters. The third kappa shape index (κ3) is 4.32. The second-order valence-corrected chi connectivity index (χ2v) is 9.66. The van der Waals surface area contributed by atoms with E-state index in [0.717, 1.165) is 39.5 Å². The van der Waals surface area contributed by atoms with Crippen LogP contribution in [0.2, 0.25) is 10.0 Å². The average Bonchev–Trinajstić information content (AvgIpc) is 3.47. The molecule has 0 N–H and O–H groups in total. The molecule has 0 aliphatic rings. The van der Waals surface area contributed by atoms with Gasteiger partial charge in [0.25, 0.3) is 0 Å². The molecule has 0 aliphatic carbocycles. The Morgan fingerprint density at radius 3 is 2.61 bits per heavy atom. The summed E-state index contributed by atoms with van der Waals surface area (Å²) in [5.74, 6) is 1.17. The van der Waals surface area contributed by atoms with Gasteiger partial charge in [0.05, 0.1) is 20.7 Å². The van der Waals surface area contributed by atoms with Crippen LogP contribution in [0.25, 0.3) is 16.4 Å². The first-order valence-corrected chi connectivity index (χ1v) is 12.3. The Labute approximate surface area is 199 Å². The van der Waals surface area contributed by atoms with Crippen LogP contribution < -0.4 is 0 Å². The fourth-order valence-corrected chi connectivity index (χ4v) is 5.44. The summed E-state index contributed by atoms with van der Waals surface area (Å²) in [6.45, 7) is 6.71. The molecule has 3 heterocycles. The highest BCUT2D eigenvalue weighted by atomic mass is 35.5. The predicted octanol–water partition coefficient (Wildman–Crippen LogP) is 6.72. The molecule has 4 rings (SSSR count). The molecule has 0 fully saturated rings. The Morgan fingerprint density at radius 1 is 1.13 bits per heavy atom. The van der Waals surface area contributed by atoms with Crippen molar-refractivity contribution >= 4 is 52.1 Å². The van der Waals surface area contributed by atoms with Gasteiger partial charge < -0.3 is 9.13 Å². The van der Waals surface area contributed by atoms with Gasteiger partial charge in [0.1, 0.15) is 0 Å². The molecule has 0 amide bonds. The molecule has 0 unspecified atom stereocenters. The standard InChI is InChI=1S/C22H20Cl2N4OS2/c1-4-27-21(20-6-5-9-30-20)25-26-22(27)31-12-19(29)16-10-13(2)28(14(16)3)15-7-8-17(23)18(24)11-15/h5-11H,4,12H2,1-3H3. The summed E-state index contributed by atoms with van der Waals surface area (Å²) in [6.07, 6.45) is 0. The highest BCUT2D eigenvalue weighted by Crippen LogP contribution is 2.30. The Morgan fingerprint density at radius 2 is 1.94 bits per heavy atom. The number of aromatic nitrogens is 4. The van der Waals surface area contributed by atoms with Gasteiger partial charge in [-0.2, -0.15) is 0 Å². The van der Waals surface area contributed by atoms with Crippen LogP contribution in [0.5, 0.6) is 0 Å². The number of ketones is 1. The van der Waals surface area contributed by atoms with E-state index in [4.69, 9.17) is 23.2 Å². The fraction of sp³-hybridized carbons (Fsp3) is 0.227. The zero-order valence-electron chi connectivity index (χ0n) is 17.2. The maximum Gasteiger partial charge on any atom is 0.191 e. The smallest absolute Gasteiger partial charge is 0.191 e. The lowest BCUT2D eigenvalue weighted by Gasteiger charge is -2.11. The number of carbonyl (C=O) groups is 1. The first-order chi connectivity index (χ1) is 14.9. The number of thiophene rings is 1. The summed E-state index contributed by atoms with van der Waals surface area (Å²) in [5, 5.41) is 12.4. The molecule has 160 valence electrons. The van der Waals surface area contributed by atoms with E-state index in [1.54, 1.807) is 17.4 Å². The average molecular weight is 491 g/mol. The summed E-state index contributed by atoms with van der Waals surface area (Å²) < 4.78 is 4.06. The fourth-order valence-electron chi connectivity index (χ4n) is 3.54. The molecule has 0 saturated carbocycles. The third-order valence-electron chi connectivity index (χ3n) is 5.00. The Bertz CT molecular complexity index is 1240. The van der Waals surface area contributed by atoms with Gasteiger partial charge in [0.15, 0.2) is 16.8 Å². The maximum absolute atomic E-state index is 13.1. The van der Waals surface area contributed by atoms with E-state index in [9.17, 15) is 4.79 Å². The van der Waals surface area contributed by atoms with E-state index >= 15 is 0 Å². The molecule has 5 nitrogen and oxygen atoms in total. The molecule has 0 saturated heterocycles. The van der Waals surface area contributed by atoms with Crippen molar-refractivity contribution in [1.82, 2.24) is 19.3 Å². The summed E-state index contributed by atoms with van der Waals surface area (Å²) in [6, 6.07) is 11.4. The Kier molecular flexibility index (Phi) is 6.57. The van der Waals surface area contributed by atoms with E-state index in [2.05, 4.69) is 17.1 Å². The number of carbonyl (C=O) groups excluding carboxylic acids is 1. The van der Waals surface area contributed by atoms with Crippen LogP contribution >= 0.6 is 46.3 Å². The lowest BCUT2D eigenvalue weighted by atomic mass is 10.2. The predicted molar refractivity (Wildman–Crippen MR) is 129 cm³/mol. The van der Waals surface area contributed by atoms with E-state index in [0.29, 0.717) is 15.6 Å². The number of aryl methyl sites for hydroxylation is 1. The number of hydrogen-bond donors (Lipinski definition) is 0. The van der Waals surface area contributed by atoms with E-state index in [1.165, 1.54) is 11.8 Å². The molecule has 0 spiro atoms. The Hall–Kier alpha value is -2.06. The molecule has 31 heavy (non-hydrogen) atoms. The van der Waals surface area contributed by atoms with Gasteiger partial charge >= 0.3 is 0 Å². The quantitative estimate of drug-likeness (QED) is 0.213. The van der Waals surface area contributed by atoms with Crippen molar-refractivity contribution in [3.63, 3.8) is 0 Å². The highest BCUT2D eigenvalue weighted by molar-refractivity contribution is 7.99. The molecule has 3 aromatic heterocycles. The van der Waals surface area contributed by atoms with Gasteiger partial charge in [-0.05, 0) is 56.5 Å². The van der Waals surface area contributed by atoms with Gasteiger partial charge in [0.2, 0.25) is 0 Å². The van der Waals surface area contributed by atoms with Crippen molar-refractivity contribution in [3.8, 4) is 16.4 Å². The van der Waals surface area contributed by atoms with Crippen molar-refractivity contribution in [2.24, 2.45) is 0 Å². The number of thioether (sulfide) groups is 1. The number of nitrogens with zero attached hydrogens (tertiary/aromatic N) is 4. The van der Waals surface area contributed by atoms with Gasteiger partial charge in [-0.3, -0.25) is 4.79 Å². The first kappa shape index (κ1) is 22.1. The van der Waals surface area contributed by atoms with Gasteiger partial charge in [0, 0.05) is 29.2 Å². The first-order valence-electron chi connectivity index (χ1n) is 9.68. The molecule has 4 aromatic rings. The van der Waals surface area contributed by atoms with Crippen LogP contribution in [0.1, 0.15) is 28.7 Å². The number of halogens is 2. The van der Waals surface area contributed by atoms with Crippen molar-refractivity contribution in [3.05, 3.63) is 68.8 Å². The second-order valence-electron chi connectivity index (χ2n) is 6.96. The van der Waals surface area contributed by atoms with Crippen molar-refractivity contribution in [2.45, 2.75) is 32.5 Å². The lowest BCUT2D eigenvalue weighted by Crippen LogP contribution is -2.07. The van der Waals surface area contributed by atoms with Crippen LogP contribution in [0.15, 0.2) is 46.9 Å². The van der Waals surface area contributed by atoms with Crippen LogP contribution in [0.4, 0.5) is 0 Å². The number of Topliss-reactive ketones (excluding diaryl/α,β-unsaturated/α-hetero) is 1. The molecule has 1 aromatic carbocycles. The minimum atomic E-state index is 0.0488. The molecule has 0 bridgehead atoms. The lowest BCUT2D eigenvalue weighted by molar-refractivity contribution is 0.102. The van der Waals surface area contributed by atoms with Crippen LogP contribution in [0, 0.1) is 13.8 Å². The largest absolute Gasteiger partial charge is 0.318 e. The van der Waals surface area contributed by atoms with Gasteiger partial charge in [-0.15, -0.1) is 21.5 Å². The maximum atomic E-state index is 13.1. The zero-order valence-corrected chi connectivity index (χ0v) is 20.4. The molecule has 0 radical (unpaired) electrons. The van der Waals surface area contributed by atoms with Gasteiger partial charge in [-0.25, -0.2) is 0 Å². The molecule has 9 heteroatoms. The number of hydrogen-bond acceptors (Lipinski definition) is 5. The number of benzene rings is 1. The van der Waals surface area contributed by atoms with E-state index in [-0.39, 0.29) is 11.5 Å². The molecular weight excluding hydrogens is 471 g/mol. The topological polar surface area (TPSA) is 52.7 Å². The summed E-state index contributed by atoms with van der Waals surface area (Å²) >= 11 is 15.3. The molecular formula is C22H20Cl2N4OS2. The summed E-state index contributed by atoms with van der Waals surface area (Å²) in [7, 11) is 0. The highest BCUT2D eigenvalue weighted by Gasteiger charge is 2.20. The third-order valence-corrected chi connectivity index (χ3v) is 7.57. The summed E-state index contributed by atoms with van der Waals surface area (Å²) in [5.41, 5.74) is 3.40. The second kappa shape index (κ2) is 9.20. The summed E-state index contributed by atoms with van der Waals surface area (Å²) in [4.78, 5) is 14.1. The van der Waals surface area contributed by atoms with E-state index in [1.807, 2.05) is 58.7 Å². The molecule has 0 aliphatic heterocycles. The van der Waals surface area contributed by atoms with Crippen LogP contribution in [-0.2, 0) is 6.54 Å². The minimum absolute atomic E-state index is 0.0488. The monoisotopic (exact) mass is 490 g/mol. The normalized spacial score (nSPS) is 11.3. The van der Waals surface area contributed by atoms with Gasteiger partial charge in [-0.1, -0.05) is 41.0 Å².